The molecule has 0 unspecified atom stereocenters. The molecule has 0 saturated heterocycles. The highest BCUT2D eigenvalue weighted by Crippen LogP contribution is 2.47. The zero-order chi connectivity index (χ0) is 36.8. The molecule has 0 atom stereocenters. The maximum Gasteiger partial charge on any atom is 0.194 e. The Morgan fingerprint density at radius 1 is 0.382 bits per heavy atom. The molecule has 8 aromatic carbocycles. The molecule has 0 aliphatic heterocycles. The number of nitrogens with zero attached hydrogens (tertiary/aromatic N) is 1. The van der Waals surface area contributed by atoms with Gasteiger partial charge in [0, 0.05) is 38.6 Å². The van der Waals surface area contributed by atoms with E-state index in [0.717, 1.165) is 111 Å². The number of benzene rings is 8. The monoisotopic (exact) mass is 705 g/mol. The van der Waals surface area contributed by atoms with Crippen molar-refractivity contribution in [1.82, 2.24) is 4.57 Å². The van der Waals surface area contributed by atoms with E-state index in [1.165, 1.54) is 0 Å². The third kappa shape index (κ3) is 4.46. The van der Waals surface area contributed by atoms with Gasteiger partial charge in [0.15, 0.2) is 11.6 Å². The molecule has 11 rings (SSSR count). The summed E-state index contributed by atoms with van der Waals surface area (Å²) in [5.74, 6) is 0.892. The number of para-hydroxylation sites is 1. The van der Waals surface area contributed by atoms with Gasteiger partial charge >= 0.3 is 0 Å². The van der Waals surface area contributed by atoms with Gasteiger partial charge in [-0.1, -0.05) is 133 Å². The molecule has 0 fully saturated rings. The Hall–Kier alpha value is -7.30. The Morgan fingerprint density at radius 2 is 0.800 bits per heavy atom. The summed E-state index contributed by atoms with van der Waals surface area (Å²) in [6, 6.07) is 57.7. The molecule has 0 spiro atoms. The van der Waals surface area contributed by atoms with Crippen LogP contribution in [0.15, 0.2) is 170 Å². The second kappa shape index (κ2) is 11.9. The smallest absolute Gasteiger partial charge is 0.194 e. The predicted octanol–water partition coefficient (Wildman–Crippen LogP) is 12.2. The fourth-order valence-electron chi connectivity index (χ4n) is 9.02. The van der Waals surface area contributed by atoms with Crippen molar-refractivity contribution in [1.29, 1.82) is 0 Å². The number of aromatic nitrogens is 1. The quantitative estimate of drug-likeness (QED) is 0.179. The molecule has 2 aliphatic rings. The Balaban J connectivity index is 1.12. The maximum absolute atomic E-state index is 14.0. The fraction of sp³-hybridized carbons (Fsp3) is 0.0196. The molecule has 0 radical (unpaired) electrons. The Kier molecular flexibility index (Phi) is 6.74. The van der Waals surface area contributed by atoms with Crippen LogP contribution >= 0.6 is 0 Å². The lowest BCUT2D eigenvalue weighted by atomic mass is 9.89. The molecule has 9 aromatic rings. The second-order valence-electron chi connectivity index (χ2n) is 14.2. The van der Waals surface area contributed by atoms with Crippen LogP contribution in [0.5, 0.6) is 5.75 Å². The van der Waals surface area contributed by atoms with Crippen LogP contribution in [0.25, 0.3) is 83.1 Å². The topological polar surface area (TPSA) is 48.3 Å². The SMILES string of the molecule is COc1ccc2c(c1)c1cc(-c3ccccc3-c3cccc4c3C(=O)c3ccccc3-4)ccc1n2-c1ccccc1-c1cccc2c1C(=O)c1ccccc1-2. The van der Waals surface area contributed by atoms with Gasteiger partial charge in [0.1, 0.15) is 5.75 Å². The number of fused-ring (bicyclic) bond motifs is 9. The van der Waals surface area contributed by atoms with Crippen molar-refractivity contribution < 1.29 is 14.3 Å². The van der Waals surface area contributed by atoms with E-state index >= 15 is 0 Å². The van der Waals surface area contributed by atoms with Gasteiger partial charge in [0.2, 0.25) is 0 Å². The van der Waals surface area contributed by atoms with Gasteiger partial charge in [-0.25, -0.2) is 0 Å². The van der Waals surface area contributed by atoms with Crippen LogP contribution in [0.2, 0.25) is 0 Å². The third-order valence-electron chi connectivity index (χ3n) is 11.4. The molecule has 0 N–H and O–H groups in total. The van der Waals surface area contributed by atoms with Gasteiger partial charge in [0.05, 0.1) is 23.8 Å². The highest BCUT2D eigenvalue weighted by Gasteiger charge is 2.31. The van der Waals surface area contributed by atoms with Crippen LogP contribution in [-0.4, -0.2) is 23.2 Å². The summed E-state index contributed by atoms with van der Waals surface area (Å²) < 4.78 is 8.07. The number of hydrogen-bond acceptors (Lipinski definition) is 3. The van der Waals surface area contributed by atoms with Gasteiger partial charge in [-0.3, -0.25) is 9.59 Å². The molecular weight excluding hydrogens is 675 g/mol. The van der Waals surface area contributed by atoms with Gasteiger partial charge < -0.3 is 9.30 Å². The fourth-order valence-corrected chi connectivity index (χ4v) is 9.02. The standard InChI is InChI=1S/C51H31NO3/c1-55-31-25-27-47-44(29-31)43-28-30(32-12-2-3-13-33(32)37-19-10-20-38-34-14-4-6-17-41(34)50(53)48(37)38)24-26-46(43)52(47)45-23-9-8-16-36(45)40-22-11-21-39-35-15-5-7-18-42(35)51(54)49(39)40/h2-29H,1H3. The van der Waals surface area contributed by atoms with E-state index in [4.69, 9.17) is 4.74 Å². The van der Waals surface area contributed by atoms with Crippen LogP contribution < -0.4 is 4.74 Å². The first kappa shape index (κ1) is 31.2. The third-order valence-corrected chi connectivity index (χ3v) is 11.4. The van der Waals surface area contributed by atoms with Crippen LogP contribution in [0.1, 0.15) is 31.8 Å². The van der Waals surface area contributed by atoms with Crippen molar-refractivity contribution in [3.05, 3.63) is 192 Å². The molecule has 2 aliphatic carbocycles. The van der Waals surface area contributed by atoms with E-state index in [2.05, 4.69) is 108 Å². The summed E-state index contributed by atoms with van der Waals surface area (Å²) >= 11 is 0. The van der Waals surface area contributed by atoms with Crippen LogP contribution in [0, 0.1) is 0 Å². The predicted molar refractivity (Wildman–Crippen MR) is 221 cm³/mol. The first-order chi connectivity index (χ1) is 27.1. The van der Waals surface area contributed by atoms with Crippen molar-refractivity contribution in [2.75, 3.05) is 7.11 Å². The normalized spacial score (nSPS) is 12.5. The van der Waals surface area contributed by atoms with Crippen LogP contribution in [0.3, 0.4) is 0 Å². The van der Waals surface area contributed by atoms with Crippen molar-refractivity contribution >= 4 is 33.4 Å². The first-order valence-electron chi connectivity index (χ1n) is 18.5. The highest BCUT2D eigenvalue weighted by atomic mass is 16.5. The zero-order valence-corrected chi connectivity index (χ0v) is 29.8. The molecular formula is C51H31NO3. The second-order valence-corrected chi connectivity index (χ2v) is 14.2. The first-order valence-corrected chi connectivity index (χ1v) is 18.5. The Labute approximate surface area is 317 Å². The van der Waals surface area contributed by atoms with E-state index in [9.17, 15) is 9.59 Å². The molecule has 0 amide bonds. The summed E-state index contributed by atoms with van der Waals surface area (Å²) in [7, 11) is 1.69. The van der Waals surface area contributed by atoms with Crippen molar-refractivity contribution in [3.8, 4) is 67.1 Å². The minimum absolute atomic E-state index is 0.0564. The highest BCUT2D eigenvalue weighted by molar-refractivity contribution is 6.26. The molecule has 1 heterocycles. The molecule has 55 heavy (non-hydrogen) atoms. The van der Waals surface area contributed by atoms with E-state index < -0.39 is 0 Å². The number of hydrogen-bond donors (Lipinski definition) is 0. The van der Waals surface area contributed by atoms with Gasteiger partial charge in [-0.15, -0.1) is 0 Å². The number of rotatable bonds is 5. The van der Waals surface area contributed by atoms with Gasteiger partial charge in [-0.2, -0.15) is 0 Å². The molecule has 0 saturated carbocycles. The minimum Gasteiger partial charge on any atom is -0.497 e. The largest absolute Gasteiger partial charge is 0.497 e. The molecule has 1 aromatic heterocycles. The van der Waals surface area contributed by atoms with E-state index in [1.54, 1.807) is 7.11 Å². The summed E-state index contributed by atoms with van der Waals surface area (Å²) in [6.07, 6.45) is 0. The maximum atomic E-state index is 14.0. The average Bonchev–Trinajstić information content (AvgIpc) is 3.85. The lowest BCUT2D eigenvalue weighted by Crippen LogP contribution is -2.02. The van der Waals surface area contributed by atoms with E-state index in [1.807, 2.05) is 66.7 Å². The van der Waals surface area contributed by atoms with Gasteiger partial charge in [-0.05, 0) is 86.5 Å². The molecule has 258 valence electrons. The van der Waals surface area contributed by atoms with Crippen LogP contribution in [-0.2, 0) is 0 Å². The summed E-state index contributed by atoms with van der Waals surface area (Å²) in [4.78, 5) is 27.9. The lowest BCUT2D eigenvalue weighted by Gasteiger charge is -2.16. The number of carbonyl (C=O) groups is 2. The minimum atomic E-state index is 0.0564. The molecule has 4 nitrogen and oxygen atoms in total. The van der Waals surface area contributed by atoms with E-state index in [0.29, 0.717) is 0 Å². The number of carbonyl (C=O) groups excluding carboxylic acids is 2. The van der Waals surface area contributed by atoms with Gasteiger partial charge in [0.25, 0.3) is 0 Å². The lowest BCUT2D eigenvalue weighted by molar-refractivity contribution is 0.103. The van der Waals surface area contributed by atoms with Crippen LogP contribution in [0.4, 0.5) is 0 Å². The Morgan fingerprint density at radius 3 is 1.36 bits per heavy atom. The average molecular weight is 706 g/mol. The number of ketones is 2. The van der Waals surface area contributed by atoms with E-state index in [-0.39, 0.29) is 11.6 Å². The summed E-state index contributed by atoms with van der Waals surface area (Å²) in [6.45, 7) is 0. The Bertz CT molecular complexity index is 3130. The number of ether oxygens (including phenoxy) is 1. The summed E-state index contributed by atoms with van der Waals surface area (Å²) in [5.41, 5.74) is 15.9. The van der Waals surface area contributed by atoms with Crippen molar-refractivity contribution in [3.63, 3.8) is 0 Å². The number of methoxy groups -OCH3 is 1. The zero-order valence-electron chi connectivity index (χ0n) is 29.8. The van der Waals surface area contributed by atoms with Crippen molar-refractivity contribution in [2.24, 2.45) is 0 Å². The summed E-state index contributed by atoms with van der Waals surface area (Å²) in [5, 5.41) is 2.12. The molecule has 0 bridgehead atoms. The molecule has 4 heteroatoms. The van der Waals surface area contributed by atoms with Crippen molar-refractivity contribution in [2.45, 2.75) is 0 Å².